The van der Waals surface area contributed by atoms with Crippen LogP contribution in [0.5, 0.6) is 0 Å². The number of hydrogen-bond acceptors (Lipinski definition) is 3. The number of guanidine groups is 1. The number of rotatable bonds is 7. The van der Waals surface area contributed by atoms with Crippen LogP contribution in [0, 0.1) is 0 Å². The van der Waals surface area contributed by atoms with Crippen LogP contribution in [0.4, 0.5) is 0 Å². The number of hydrogen-bond donors (Lipinski definition) is 1. The number of aryl methyl sites for hydroxylation is 1. The maximum absolute atomic E-state index is 5.36. The van der Waals surface area contributed by atoms with Crippen molar-refractivity contribution in [3.8, 4) is 0 Å². The van der Waals surface area contributed by atoms with Gasteiger partial charge >= 0.3 is 0 Å². The molecular weight excluding hydrogens is 278 g/mol. The molecule has 1 aromatic rings. The maximum Gasteiger partial charge on any atom is 0.193 e. The van der Waals surface area contributed by atoms with E-state index in [1.807, 2.05) is 31.9 Å². The zero-order valence-electron chi connectivity index (χ0n) is 14.1. The van der Waals surface area contributed by atoms with Gasteiger partial charge < -0.3 is 15.0 Å². The highest BCUT2D eigenvalue weighted by Gasteiger charge is 2.26. The van der Waals surface area contributed by atoms with Gasteiger partial charge in [0.2, 0.25) is 0 Å². The summed E-state index contributed by atoms with van der Waals surface area (Å²) >= 11 is 0. The summed E-state index contributed by atoms with van der Waals surface area (Å²) in [5.41, 5.74) is 1.33. The molecule has 0 aromatic carbocycles. The molecule has 1 saturated heterocycles. The molecule has 0 spiro atoms. The highest BCUT2D eigenvalue weighted by molar-refractivity contribution is 5.80. The zero-order chi connectivity index (χ0) is 15.8. The van der Waals surface area contributed by atoms with Crippen molar-refractivity contribution in [2.75, 3.05) is 39.9 Å². The van der Waals surface area contributed by atoms with Crippen LogP contribution in [-0.2, 0) is 11.8 Å². The summed E-state index contributed by atoms with van der Waals surface area (Å²) < 4.78 is 7.23. The summed E-state index contributed by atoms with van der Waals surface area (Å²) in [6.45, 7) is 6.71. The minimum absolute atomic E-state index is 0.560. The summed E-state index contributed by atoms with van der Waals surface area (Å²) in [6, 6.07) is 0. The van der Waals surface area contributed by atoms with Crippen LogP contribution in [0.3, 0.4) is 0 Å². The summed E-state index contributed by atoms with van der Waals surface area (Å²) in [5.74, 6) is 1.58. The Kier molecular flexibility index (Phi) is 6.71. The van der Waals surface area contributed by atoms with Gasteiger partial charge in [0.1, 0.15) is 0 Å². The van der Waals surface area contributed by atoms with Crippen molar-refractivity contribution < 1.29 is 4.74 Å². The Bertz CT molecular complexity index is 471. The van der Waals surface area contributed by atoms with E-state index in [-0.39, 0.29) is 0 Å². The highest BCUT2D eigenvalue weighted by Crippen LogP contribution is 2.26. The van der Waals surface area contributed by atoms with E-state index < -0.39 is 0 Å². The Morgan fingerprint density at radius 3 is 3.05 bits per heavy atom. The van der Waals surface area contributed by atoms with Crippen LogP contribution >= 0.6 is 0 Å². The van der Waals surface area contributed by atoms with E-state index in [0.717, 1.165) is 58.1 Å². The van der Waals surface area contributed by atoms with Crippen molar-refractivity contribution >= 4 is 5.96 Å². The molecule has 1 aromatic heterocycles. The van der Waals surface area contributed by atoms with Gasteiger partial charge in [0.15, 0.2) is 5.96 Å². The lowest BCUT2D eigenvalue weighted by molar-refractivity contribution is 0.143. The third kappa shape index (κ3) is 4.73. The summed E-state index contributed by atoms with van der Waals surface area (Å²) in [7, 11) is 3.83. The van der Waals surface area contributed by atoms with Crippen LogP contribution in [0.1, 0.15) is 37.7 Å². The van der Waals surface area contributed by atoms with E-state index in [4.69, 9.17) is 4.74 Å². The number of aliphatic imine (C=N–C) groups is 1. The molecule has 1 unspecified atom stereocenters. The van der Waals surface area contributed by atoms with Gasteiger partial charge in [0.25, 0.3) is 0 Å². The third-order valence-electron chi connectivity index (χ3n) is 4.10. The second-order valence-electron chi connectivity index (χ2n) is 5.76. The third-order valence-corrected chi connectivity index (χ3v) is 4.10. The van der Waals surface area contributed by atoms with E-state index in [1.165, 1.54) is 5.56 Å². The molecule has 0 bridgehead atoms. The largest absolute Gasteiger partial charge is 0.382 e. The van der Waals surface area contributed by atoms with Gasteiger partial charge in [-0.1, -0.05) is 0 Å². The van der Waals surface area contributed by atoms with Gasteiger partial charge in [-0.3, -0.25) is 9.67 Å². The second-order valence-corrected chi connectivity index (χ2v) is 5.76. The second kappa shape index (κ2) is 8.78. The predicted molar refractivity (Wildman–Crippen MR) is 89.2 cm³/mol. The number of nitrogens with one attached hydrogen (secondary N) is 1. The molecule has 124 valence electrons. The van der Waals surface area contributed by atoms with E-state index >= 15 is 0 Å². The van der Waals surface area contributed by atoms with E-state index in [9.17, 15) is 0 Å². The van der Waals surface area contributed by atoms with Gasteiger partial charge in [0, 0.05) is 59.1 Å². The van der Waals surface area contributed by atoms with Crippen LogP contribution in [0.15, 0.2) is 17.4 Å². The molecule has 2 heterocycles. The lowest BCUT2D eigenvalue weighted by Gasteiger charge is -2.21. The summed E-state index contributed by atoms with van der Waals surface area (Å²) in [5, 5.41) is 7.74. The van der Waals surface area contributed by atoms with E-state index in [1.54, 1.807) is 0 Å². The molecule has 1 fully saturated rings. The van der Waals surface area contributed by atoms with Crippen molar-refractivity contribution in [3.05, 3.63) is 18.0 Å². The zero-order valence-corrected chi connectivity index (χ0v) is 14.1. The standard InChI is InChI=1S/C16H29N5O/c1-4-22-10-6-5-8-18-16(17-2)21-9-7-14(13-21)15-11-19-20(3)12-15/h11-12,14H,4-10,13H2,1-3H3,(H,17,18). The first-order valence-electron chi connectivity index (χ1n) is 8.26. The number of ether oxygens (including phenoxy) is 1. The van der Waals surface area contributed by atoms with Crippen molar-refractivity contribution in [1.29, 1.82) is 0 Å². The quantitative estimate of drug-likeness (QED) is 0.472. The molecule has 1 aliphatic rings. The topological polar surface area (TPSA) is 54.7 Å². The Morgan fingerprint density at radius 1 is 1.50 bits per heavy atom. The summed E-state index contributed by atoms with van der Waals surface area (Å²) in [6.07, 6.45) is 7.47. The van der Waals surface area contributed by atoms with Crippen LogP contribution in [-0.4, -0.2) is 60.5 Å². The first kappa shape index (κ1) is 16.8. The minimum atomic E-state index is 0.560. The van der Waals surface area contributed by atoms with Crippen molar-refractivity contribution in [2.24, 2.45) is 12.0 Å². The van der Waals surface area contributed by atoms with Crippen molar-refractivity contribution in [2.45, 2.75) is 32.1 Å². The first-order valence-corrected chi connectivity index (χ1v) is 8.26. The molecule has 2 rings (SSSR count). The molecule has 0 saturated carbocycles. The smallest absolute Gasteiger partial charge is 0.193 e. The molecule has 1 N–H and O–H groups in total. The molecule has 0 aliphatic carbocycles. The van der Waals surface area contributed by atoms with Crippen molar-refractivity contribution in [1.82, 2.24) is 20.0 Å². The Balaban J connectivity index is 1.73. The Morgan fingerprint density at radius 2 is 2.36 bits per heavy atom. The Hall–Kier alpha value is -1.56. The predicted octanol–water partition coefficient (Wildman–Crippen LogP) is 1.60. The fourth-order valence-corrected chi connectivity index (χ4v) is 2.88. The van der Waals surface area contributed by atoms with Gasteiger partial charge in [-0.05, 0) is 31.7 Å². The van der Waals surface area contributed by atoms with Gasteiger partial charge in [-0.2, -0.15) is 5.10 Å². The average molecular weight is 307 g/mol. The fourth-order valence-electron chi connectivity index (χ4n) is 2.88. The van der Waals surface area contributed by atoms with E-state index in [2.05, 4.69) is 26.5 Å². The van der Waals surface area contributed by atoms with E-state index in [0.29, 0.717) is 5.92 Å². The molecule has 0 amide bonds. The van der Waals surface area contributed by atoms with Gasteiger partial charge in [-0.15, -0.1) is 0 Å². The number of aromatic nitrogens is 2. The van der Waals surface area contributed by atoms with Crippen LogP contribution in [0.25, 0.3) is 0 Å². The van der Waals surface area contributed by atoms with Crippen LogP contribution in [0.2, 0.25) is 0 Å². The molecule has 6 nitrogen and oxygen atoms in total. The monoisotopic (exact) mass is 307 g/mol. The van der Waals surface area contributed by atoms with Gasteiger partial charge in [0.05, 0.1) is 6.20 Å². The normalized spacial score (nSPS) is 19.0. The van der Waals surface area contributed by atoms with Crippen molar-refractivity contribution in [3.63, 3.8) is 0 Å². The molecule has 1 atom stereocenters. The number of unbranched alkanes of at least 4 members (excludes halogenated alkanes) is 1. The molecule has 1 aliphatic heterocycles. The lowest BCUT2D eigenvalue weighted by atomic mass is 10.0. The molecule has 0 radical (unpaired) electrons. The van der Waals surface area contributed by atoms with Gasteiger partial charge in [-0.25, -0.2) is 0 Å². The molecule has 6 heteroatoms. The Labute approximate surface area is 133 Å². The molecular formula is C16H29N5O. The average Bonchev–Trinajstić information content (AvgIpc) is 3.15. The lowest BCUT2D eigenvalue weighted by Crippen LogP contribution is -2.40. The van der Waals surface area contributed by atoms with Crippen LogP contribution < -0.4 is 5.32 Å². The number of nitrogens with zero attached hydrogens (tertiary/aromatic N) is 4. The molecule has 22 heavy (non-hydrogen) atoms. The first-order chi connectivity index (χ1) is 10.7. The SMILES string of the molecule is CCOCCCCNC(=NC)N1CCC(c2cnn(C)c2)C1. The summed E-state index contributed by atoms with van der Waals surface area (Å²) in [4.78, 5) is 6.76. The minimum Gasteiger partial charge on any atom is -0.382 e. The number of likely N-dealkylation sites (tertiary alicyclic amines) is 1. The highest BCUT2D eigenvalue weighted by atomic mass is 16.5. The fraction of sp³-hybridized carbons (Fsp3) is 0.750. The maximum atomic E-state index is 5.36.